The molecule has 10 nitrogen and oxygen atoms in total. The number of pyridine rings is 1. The molecule has 54 heavy (non-hydrogen) atoms. The summed E-state index contributed by atoms with van der Waals surface area (Å²) in [6, 6.07) is 5.18. The van der Waals surface area contributed by atoms with Crippen molar-refractivity contribution in [2.75, 3.05) is 58.0 Å². The quantitative estimate of drug-likeness (QED) is 0.157. The molecule has 8 rings (SSSR count). The Morgan fingerprint density at radius 3 is 2.61 bits per heavy atom. The summed E-state index contributed by atoms with van der Waals surface area (Å²) < 4.78 is 78.9. The SMILES string of the molecule is C#Cc1c(F)ccc2cc(O)cc(-c3nc(OC)c4c(N5CCOC[C@@](C)(O)C5)nc(OC[C@]56CCC[C@H]5N(C[C@H]5[C@H](C)C5(F)F)CCC6)nc4c3F)c12. The van der Waals surface area contributed by atoms with Crippen LogP contribution in [0.4, 0.5) is 23.4 Å². The molecule has 5 atom stereocenters. The molecule has 2 aliphatic heterocycles. The van der Waals surface area contributed by atoms with Crippen LogP contribution in [0.5, 0.6) is 17.6 Å². The fraction of sp³-hybridized carbons (Fsp3) is 0.525. The van der Waals surface area contributed by atoms with Gasteiger partial charge >= 0.3 is 6.01 Å². The normalized spacial score (nSPS) is 28.1. The van der Waals surface area contributed by atoms with Crippen molar-refractivity contribution in [1.29, 1.82) is 0 Å². The molecule has 2 saturated heterocycles. The Hall–Kier alpha value is -4.45. The molecular formula is C40H43F4N5O5. The number of methoxy groups -OCH3 is 1. The lowest BCUT2D eigenvalue weighted by Gasteiger charge is -2.46. The number of nitrogens with zero attached hydrogens (tertiary/aromatic N) is 5. The number of ether oxygens (including phenoxy) is 3. The predicted octanol–water partition coefficient (Wildman–Crippen LogP) is 6.32. The highest BCUT2D eigenvalue weighted by Crippen LogP contribution is 2.57. The topological polar surface area (TPSA) is 113 Å². The van der Waals surface area contributed by atoms with E-state index in [1.807, 2.05) is 0 Å². The summed E-state index contributed by atoms with van der Waals surface area (Å²) in [5, 5.41) is 22.5. The number of β-amino-alcohol motifs (C(OH)–C–C–N with tert-alkyl or cyclic N) is 1. The van der Waals surface area contributed by atoms with Gasteiger partial charge < -0.3 is 29.3 Å². The molecule has 2 aliphatic carbocycles. The first-order chi connectivity index (χ1) is 25.8. The molecule has 2 saturated carbocycles. The molecule has 0 bridgehead atoms. The molecule has 0 radical (unpaired) electrons. The van der Waals surface area contributed by atoms with E-state index in [1.54, 1.807) is 18.7 Å². The molecule has 286 valence electrons. The minimum Gasteiger partial charge on any atom is -0.508 e. The van der Waals surface area contributed by atoms with Gasteiger partial charge in [0.2, 0.25) is 5.88 Å². The average molecular weight is 750 g/mol. The van der Waals surface area contributed by atoms with Crippen molar-refractivity contribution in [3.8, 4) is 41.2 Å². The molecule has 4 aromatic rings. The van der Waals surface area contributed by atoms with Gasteiger partial charge in [-0.25, -0.2) is 22.5 Å². The number of hydrogen-bond donors (Lipinski definition) is 2. The molecule has 0 spiro atoms. The lowest BCUT2D eigenvalue weighted by molar-refractivity contribution is -0.0124. The number of aromatic nitrogens is 3. The molecule has 14 heteroatoms. The smallest absolute Gasteiger partial charge is 0.319 e. The van der Waals surface area contributed by atoms with Crippen LogP contribution in [0, 0.1) is 41.2 Å². The number of alkyl halides is 2. The van der Waals surface area contributed by atoms with Crippen LogP contribution in [-0.2, 0) is 4.74 Å². The van der Waals surface area contributed by atoms with Gasteiger partial charge in [0.25, 0.3) is 5.92 Å². The van der Waals surface area contributed by atoms with Crippen LogP contribution in [0.3, 0.4) is 0 Å². The number of halogens is 4. The number of hydrogen-bond acceptors (Lipinski definition) is 10. The van der Waals surface area contributed by atoms with Gasteiger partial charge in [0.15, 0.2) is 5.82 Å². The number of anilines is 1. The van der Waals surface area contributed by atoms with Gasteiger partial charge in [-0.15, -0.1) is 6.42 Å². The third-order valence-electron chi connectivity index (χ3n) is 12.0. The summed E-state index contributed by atoms with van der Waals surface area (Å²) in [4.78, 5) is 17.9. The third-order valence-corrected chi connectivity index (χ3v) is 12.0. The summed E-state index contributed by atoms with van der Waals surface area (Å²) in [6.07, 6.45) is 10.0. The molecule has 0 amide bonds. The summed E-state index contributed by atoms with van der Waals surface area (Å²) in [5.41, 5.74) is -2.25. The minimum atomic E-state index is -2.65. The standard InChI is InChI=1S/C40H43F4N5O5/c1-5-25-28(41)10-9-23-16-24(50)17-26(30(23)25)33-32(42)34-31(36(45-33)52-4)35(49-14-15-53-20-38(3,51)19-49)47-37(46-34)54-21-39-11-6-8-29(39)48(13-7-12-39)18-27-22(2)40(27,43)44/h1,9-10,16-17,22,27,29,50-51H,6-8,11-15,18-21H2,2-4H3/t22-,27-,29+,38-,39+/m0/s1. The van der Waals surface area contributed by atoms with Crippen LogP contribution in [0.1, 0.15) is 51.5 Å². The monoisotopic (exact) mass is 749 g/mol. The number of fused-ring (bicyclic) bond motifs is 3. The summed E-state index contributed by atoms with van der Waals surface area (Å²) in [6.45, 7) is 5.15. The lowest BCUT2D eigenvalue weighted by atomic mass is 9.75. The predicted molar refractivity (Wildman–Crippen MR) is 194 cm³/mol. The van der Waals surface area contributed by atoms with Gasteiger partial charge in [0.1, 0.15) is 39.6 Å². The number of phenols is 1. The average Bonchev–Trinajstić information content (AvgIpc) is 3.42. The minimum absolute atomic E-state index is 0.0226. The van der Waals surface area contributed by atoms with Crippen molar-refractivity contribution in [2.24, 2.45) is 17.3 Å². The van der Waals surface area contributed by atoms with Crippen LogP contribution in [-0.4, -0.2) is 101 Å². The Bertz CT molecular complexity index is 2180. The second kappa shape index (κ2) is 13.4. The van der Waals surface area contributed by atoms with E-state index in [4.69, 9.17) is 25.6 Å². The van der Waals surface area contributed by atoms with Crippen molar-refractivity contribution < 1.29 is 42.0 Å². The van der Waals surface area contributed by atoms with E-state index in [2.05, 4.69) is 20.8 Å². The van der Waals surface area contributed by atoms with Gasteiger partial charge in [-0.3, -0.25) is 4.90 Å². The Morgan fingerprint density at radius 2 is 1.87 bits per heavy atom. The first-order valence-electron chi connectivity index (χ1n) is 18.4. The first-order valence-corrected chi connectivity index (χ1v) is 18.4. The Kier molecular flexibility index (Phi) is 9.05. The second-order valence-corrected chi connectivity index (χ2v) is 15.7. The molecule has 2 aromatic carbocycles. The maximum absolute atomic E-state index is 17.3. The second-order valence-electron chi connectivity index (χ2n) is 15.7. The van der Waals surface area contributed by atoms with Gasteiger partial charge in [-0.2, -0.15) is 9.97 Å². The Balaban J connectivity index is 1.25. The summed E-state index contributed by atoms with van der Waals surface area (Å²) in [7, 11) is 1.36. The van der Waals surface area contributed by atoms with Crippen molar-refractivity contribution in [1.82, 2.24) is 19.9 Å². The van der Waals surface area contributed by atoms with Crippen molar-refractivity contribution >= 4 is 27.5 Å². The van der Waals surface area contributed by atoms with Crippen molar-refractivity contribution in [3.05, 3.63) is 41.5 Å². The van der Waals surface area contributed by atoms with E-state index in [0.717, 1.165) is 38.6 Å². The Morgan fingerprint density at radius 1 is 1.09 bits per heavy atom. The van der Waals surface area contributed by atoms with Gasteiger partial charge in [-0.1, -0.05) is 25.3 Å². The zero-order valence-corrected chi connectivity index (χ0v) is 30.5. The highest BCUT2D eigenvalue weighted by Gasteiger charge is 2.66. The van der Waals surface area contributed by atoms with Crippen LogP contribution in [0.15, 0.2) is 24.3 Å². The molecule has 0 unspecified atom stereocenters. The van der Waals surface area contributed by atoms with E-state index in [9.17, 15) is 19.0 Å². The molecule has 2 N–H and O–H groups in total. The first kappa shape index (κ1) is 36.5. The highest BCUT2D eigenvalue weighted by molar-refractivity contribution is 6.04. The number of phenolic OH excluding ortho intramolecular Hbond substituents is 1. The fourth-order valence-electron chi connectivity index (χ4n) is 9.19. The van der Waals surface area contributed by atoms with Crippen LogP contribution in [0.25, 0.3) is 32.9 Å². The molecule has 2 aromatic heterocycles. The largest absolute Gasteiger partial charge is 0.508 e. The van der Waals surface area contributed by atoms with Crippen LogP contribution >= 0.6 is 0 Å². The van der Waals surface area contributed by atoms with E-state index in [0.29, 0.717) is 11.9 Å². The number of aliphatic hydroxyl groups is 1. The number of piperidine rings is 1. The zero-order valence-electron chi connectivity index (χ0n) is 30.5. The van der Waals surface area contributed by atoms with E-state index in [1.165, 1.54) is 31.4 Å². The van der Waals surface area contributed by atoms with E-state index >= 15 is 8.78 Å². The lowest BCUT2D eigenvalue weighted by Crippen LogP contribution is -2.52. The summed E-state index contributed by atoms with van der Waals surface area (Å²) in [5.74, 6) is -3.30. The molecular weight excluding hydrogens is 706 g/mol. The molecule has 4 aliphatic rings. The summed E-state index contributed by atoms with van der Waals surface area (Å²) >= 11 is 0. The molecule has 4 fully saturated rings. The third kappa shape index (κ3) is 6.14. The van der Waals surface area contributed by atoms with Crippen LogP contribution in [0.2, 0.25) is 0 Å². The van der Waals surface area contributed by atoms with Gasteiger partial charge in [-0.05, 0) is 62.7 Å². The fourth-order valence-corrected chi connectivity index (χ4v) is 9.19. The van der Waals surface area contributed by atoms with E-state index < -0.39 is 35.0 Å². The van der Waals surface area contributed by atoms with E-state index in [-0.39, 0.29) is 101 Å². The number of rotatable bonds is 8. The molecule has 4 heterocycles. The zero-order chi connectivity index (χ0) is 38.2. The number of aromatic hydroxyl groups is 1. The number of terminal acetylenes is 1. The van der Waals surface area contributed by atoms with Crippen molar-refractivity contribution in [3.63, 3.8) is 0 Å². The maximum Gasteiger partial charge on any atom is 0.319 e. The van der Waals surface area contributed by atoms with Crippen LogP contribution < -0.4 is 14.4 Å². The number of benzene rings is 2. The van der Waals surface area contributed by atoms with Gasteiger partial charge in [0.05, 0.1) is 39.0 Å². The van der Waals surface area contributed by atoms with Crippen molar-refractivity contribution in [2.45, 2.75) is 63.5 Å². The maximum atomic E-state index is 17.3. The number of likely N-dealkylation sites (tertiary alicyclic amines) is 1. The van der Waals surface area contributed by atoms with Gasteiger partial charge in [0, 0.05) is 47.3 Å². The highest BCUT2D eigenvalue weighted by atomic mass is 19.3. The Labute approximate surface area is 310 Å².